The molecule has 5 nitrogen and oxygen atoms in total. The van der Waals surface area contributed by atoms with Crippen LogP contribution in [0.5, 0.6) is 11.5 Å². The van der Waals surface area contributed by atoms with Crippen molar-refractivity contribution in [3.8, 4) is 11.5 Å². The summed E-state index contributed by atoms with van der Waals surface area (Å²) >= 11 is 0. The SMILES string of the molecule is C=C(NNC(=O)c1cc(O)cc(O)c1)C1CC1. The zero-order valence-electron chi connectivity index (χ0n) is 9.23. The smallest absolute Gasteiger partial charge is 0.269 e. The summed E-state index contributed by atoms with van der Waals surface area (Å²) in [5.41, 5.74) is 6.15. The van der Waals surface area contributed by atoms with Crippen molar-refractivity contribution in [2.24, 2.45) is 5.92 Å². The van der Waals surface area contributed by atoms with E-state index in [1.807, 2.05) is 0 Å². The number of aromatic hydroxyl groups is 2. The molecule has 1 aromatic carbocycles. The van der Waals surface area contributed by atoms with Crippen LogP contribution in [0.4, 0.5) is 0 Å². The molecule has 1 saturated carbocycles. The highest BCUT2D eigenvalue weighted by Gasteiger charge is 2.24. The topological polar surface area (TPSA) is 81.6 Å². The van der Waals surface area contributed by atoms with Crippen molar-refractivity contribution < 1.29 is 15.0 Å². The van der Waals surface area contributed by atoms with Gasteiger partial charge in [-0.2, -0.15) is 0 Å². The van der Waals surface area contributed by atoms with Crippen molar-refractivity contribution in [3.05, 3.63) is 36.0 Å². The van der Waals surface area contributed by atoms with Gasteiger partial charge in [0, 0.05) is 17.3 Å². The zero-order valence-corrected chi connectivity index (χ0v) is 9.23. The van der Waals surface area contributed by atoms with Gasteiger partial charge in [0.15, 0.2) is 0 Å². The molecular formula is C12H14N2O3. The number of phenols is 2. The third-order valence-corrected chi connectivity index (χ3v) is 2.57. The summed E-state index contributed by atoms with van der Waals surface area (Å²) in [5, 5.41) is 18.5. The predicted molar refractivity (Wildman–Crippen MR) is 62.2 cm³/mol. The molecule has 0 spiro atoms. The van der Waals surface area contributed by atoms with E-state index in [0.717, 1.165) is 24.6 Å². The van der Waals surface area contributed by atoms with Gasteiger partial charge in [0.1, 0.15) is 11.5 Å². The maximum Gasteiger partial charge on any atom is 0.269 e. The Labute approximate surface area is 98.7 Å². The molecule has 5 heteroatoms. The first kappa shape index (κ1) is 11.3. The Bertz CT molecular complexity index is 447. The number of amides is 1. The van der Waals surface area contributed by atoms with Crippen LogP contribution in [0.1, 0.15) is 23.2 Å². The molecule has 0 atom stereocenters. The Balaban J connectivity index is 1.96. The van der Waals surface area contributed by atoms with Crippen LogP contribution in [0.3, 0.4) is 0 Å². The molecular weight excluding hydrogens is 220 g/mol. The van der Waals surface area contributed by atoms with Crippen molar-refractivity contribution in [3.63, 3.8) is 0 Å². The van der Waals surface area contributed by atoms with Gasteiger partial charge in [0.05, 0.1) is 0 Å². The summed E-state index contributed by atoms with van der Waals surface area (Å²) in [6, 6.07) is 3.71. The second-order valence-corrected chi connectivity index (χ2v) is 4.12. The lowest BCUT2D eigenvalue weighted by atomic mass is 10.2. The second-order valence-electron chi connectivity index (χ2n) is 4.12. The Morgan fingerprint density at radius 1 is 1.18 bits per heavy atom. The van der Waals surface area contributed by atoms with Crippen LogP contribution in [0, 0.1) is 5.92 Å². The maximum absolute atomic E-state index is 11.7. The predicted octanol–water partition coefficient (Wildman–Crippen LogP) is 1.26. The lowest BCUT2D eigenvalue weighted by Gasteiger charge is -2.10. The average Bonchev–Trinajstić information content (AvgIpc) is 3.07. The first-order valence-electron chi connectivity index (χ1n) is 5.34. The molecule has 0 aliphatic heterocycles. The minimum atomic E-state index is -0.432. The number of carbonyl (C=O) groups is 1. The quantitative estimate of drug-likeness (QED) is 0.591. The first-order chi connectivity index (χ1) is 8.06. The fourth-order valence-corrected chi connectivity index (χ4v) is 1.47. The summed E-state index contributed by atoms with van der Waals surface area (Å²) in [6.45, 7) is 3.79. The van der Waals surface area contributed by atoms with E-state index in [9.17, 15) is 15.0 Å². The van der Waals surface area contributed by atoms with Gasteiger partial charge < -0.3 is 15.6 Å². The maximum atomic E-state index is 11.7. The first-order valence-corrected chi connectivity index (χ1v) is 5.34. The van der Waals surface area contributed by atoms with Gasteiger partial charge in [-0.25, -0.2) is 0 Å². The molecule has 2 rings (SSSR count). The van der Waals surface area contributed by atoms with E-state index in [4.69, 9.17) is 0 Å². The van der Waals surface area contributed by atoms with Crippen LogP contribution in [0.15, 0.2) is 30.5 Å². The summed E-state index contributed by atoms with van der Waals surface area (Å²) in [7, 11) is 0. The third-order valence-electron chi connectivity index (χ3n) is 2.57. The number of carbonyl (C=O) groups excluding carboxylic acids is 1. The van der Waals surface area contributed by atoms with Crippen molar-refractivity contribution in [1.82, 2.24) is 10.9 Å². The fraction of sp³-hybridized carbons (Fsp3) is 0.250. The van der Waals surface area contributed by atoms with E-state index < -0.39 is 5.91 Å². The zero-order chi connectivity index (χ0) is 12.4. The van der Waals surface area contributed by atoms with Gasteiger partial charge in [-0.15, -0.1) is 0 Å². The Hall–Kier alpha value is -2.17. The highest BCUT2D eigenvalue weighted by atomic mass is 16.3. The van der Waals surface area contributed by atoms with E-state index in [1.165, 1.54) is 12.1 Å². The number of allylic oxidation sites excluding steroid dienone is 1. The second kappa shape index (κ2) is 4.37. The van der Waals surface area contributed by atoms with Gasteiger partial charge in [-0.3, -0.25) is 10.2 Å². The van der Waals surface area contributed by atoms with Gasteiger partial charge in [-0.1, -0.05) is 6.58 Å². The molecule has 17 heavy (non-hydrogen) atoms. The molecule has 0 aromatic heterocycles. The summed E-state index contributed by atoms with van der Waals surface area (Å²) in [6.07, 6.45) is 2.18. The minimum Gasteiger partial charge on any atom is -0.508 e. The van der Waals surface area contributed by atoms with Gasteiger partial charge in [0.25, 0.3) is 5.91 Å². The molecule has 0 radical (unpaired) electrons. The Kier molecular flexibility index (Phi) is 2.91. The van der Waals surface area contributed by atoms with Crippen molar-refractivity contribution in [2.45, 2.75) is 12.8 Å². The normalized spacial score (nSPS) is 14.1. The molecule has 1 amide bonds. The van der Waals surface area contributed by atoms with E-state index in [0.29, 0.717) is 5.92 Å². The summed E-state index contributed by atoms with van der Waals surface area (Å²) < 4.78 is 0. The van der Waals surface area contributed by atoms with Crippen LogP contribution < -0.4 is 10.9 Å². The Morgan fingerprint density at radius 2 is 1.76 bits per heavy atom. The number of benzene rings is 1. The monoisotopic (exact) mass is 234 g/mol. The minimum absolute atomic E-state index is 0.156. The number of hydrazine groups is 1. The number of nitrogens with one attached hydrogen (secondary N) is 2. The molecule has 1 aliphatic rings. The number of hydrogen-bond donors (Lipinski definition) is 4. The molecule has 4 N–H and O–H groups in total. The van der Waals surface area contributed by atoms with Crippen LogP contribution in [0.2, 0.25) is 0 Å². The van der Waals surface area contributed by atoms with Crippen molar-refractivity contribution in [2.75, 3.05) is 0 Å². The van der Waals surface area contributed by atoms with E-state index >= 15 is 0 Å². The number of hydrogen-bond acceptors (Lipinski definition) is 4. The Morgan fingerprint density at radius 3 is 2.29 bits per heavy atom. The standard InChI is InChI=1S/C12H14N2O3/c1-7(8-2-3-8)13-14-12(17)9-4-10(15)6-11(16)5-9/h4-6,8,13,15-16H,1-3H2,(H,14,17). The van der Waals surface area contributed by atoms with Gasteiger partial charge in [0.2, 0.25) is 0 Å². The van der Waals surface area contributed by atoms with Gasteiger partial charge in [-0.05, 0) is 30.9 Å². The summed E-state index contributed by atoms with van der Waals surface area (Å²) in [5.74, 6) is -0.307. The van der Waals surface area contributed by atoms with Crippen LogP contribution in [-0.2, 0) is 0 Å². The molecule has 90 valence electrons. The average molecular weight is 234 g/mol. The van der Waals surface area contributed by atoms with Crippen molar-refractivity contribution >= 4 is 5.91 Å². The van der Waals surface area contributed by atoms with E-state index in [2.05, 4.69) is 17.4 Å². The van der Waals surface area contributed by atoms with E-state index in [-0.39, 0.29) is 17.1 Å². The fourth-order valence-electron chi connectivity index (χ4n) is 1.47. The van der Waals surface area contributed by atoms with E-state index in [1.54, 1.807) is 0 Å². The van der Waals surface area contributed by atoms with Crippen LogP contribution in [-0.4, -0.2) is 16.1 Å². The molecule has 0 bridgehead atoms. The van der Waals surface area contributed by atoms with Crippen molar-refractivity contribution in [1.29, 1.82) is 0 Å². The molecule has 1 aromatic rings. The molecule has 1 aliphatic carbocycles. The summed E-state index contributed by atoms with van der Waals surface area (Å²) in [4.78, 5) is 11.7. The number of phenolic OH excluding ortho intramolecular Hbond substituents is 2. The highest BCUT2D eigenvalue weighted by Crippen LogP contribution is 2.33. The third kappa shape index (κ3) is 2.90. The van der Waals surface area contributed by atoms with Gasteiger partial charge >= 0.3 is 0 Å². The highest BCUT2D eigenvalue weighted by molar-refractivity contribution is 5.94. The molecule has 0 heterocycles. The molecule has 0 unspecified atom stereocenters. The number of rotatable bonds is 4. The largest absolute Gasteiger partial charge is 0.508 e. The molecule has 1 fully saturated rings. The van der Waals surface area contributed by atoms with Crippen LogP contribution in [0.25, 0.3) is 0 Å². The van der Waals surface area contributed by atoms with Crippen LogP contribution >= 0.6 is 0 Å². The lowest BCUT2D eigenvalue weighted by Crippen LogP contribution is -2.36. The molecule has 0 saturated heterocycles. The lowest BCUT2D eigenvalue weighted by molar-refractivity contribution is 0.0937.